The molecule has 0 aliphatic heterocycles. The van der Waals surface area contributed by atoms with Crippen molar-refractivity contribution in [3.05, 3.63) is 52.3 Å². The van der Waals surface area contributed by atoms with E-state index in [4.69, 9.17) is 9.47 Å². The lowest BCUT2D eigenvalue weighted by Gasteiger charge is -2.12. The molecule has 1 aromatic carbocycles. The van der Waals surface area contributed by atoms with Gasteiger partial charge in [0.1, 0.15) is 17.1 Å². The Morgan fingerprint density at radius 2 is 1.85 bits per heavy atom. The van der Waals surface area contributed by atoms with Gasteiger partial charge in [0.15, 0.2) is 5.78 Å². The highest BCUT2D eigenvalue weighted by molar-refractivity contribution is 9.10. The molecular formula is C15H14BrNO3. The summed E-state index contributed by atoms with van der Waals surface area (Å²) in [7, 11) is 3.07. The maximum absolute atomic E-state index is 12.5. The quantitative estimate of drug-likeness (QED) is 0.786. The smallest absolute Gasteiger partial charge is 0.174 e. The molecule has 2 aromatic rings. The van der Waals surface area contributed by atoms with Gasteiger partial charge >= 0.3 is 0 Å². The highest BCUT2D eigenvalue weighted by Crippen LogP contribution is 2.29. The lowest BCUT2D eigenvalue weighted by molar-refractivity contribution is 0.0987. The van der Waals surface area contributed by atoms with Gasteiger partial charge in [-0.25, -0.2) is 0 Å². The molecular weight excluding hydrogens is 322 g/mol. The number of pyridine rings is 1. The van der Waals surface area contributed by atoms with Gasteiger partial charge in [-0.3, -0.25) is 9.78 Å². The zero-order chi connectivity index (χ0) is 14.5. The van der Waals surface area contributed by atoms with Crippen LogP contribution in [0.15, 0.2) is 41.1 Å². The van der Waals surface area contributed by atoms with Gasteiger partial charge in [-0.2, -0.15) is 0 Å². The van der Waals surface area contributed by atoms with E-state index in [0.29, 0.717) is 17.1 Å². The number of methoxy groups -OCH3 is 2. The largest absolute Gasteiger partial charge is 0.496 e. The molecule has 5 heteroatoms. The Labute approximate surface area is 125 Å². The summed E-state index contributed by atoms with van der Waals surface area (Å²) in [6.07, 6.45) is 3.59. The van der Waals surface area contributed by atoms with Crippen LogP contribution in [-0.4, -0.2) is 25.0 Å². The van der Waals surface area contributed by atoms with E-state index in [0.717, 1.165) is 10.0 Å². The second kappa shape index (κ2) is 6.52. The number of hydrogen-bond donors (Lipinski definition) is 0. The van der Waals surface area contributed by atoms with Gasteiger partial charge in [-0.15, -0.1) is 0 Å². The number of carbonyl (C=O) groups is 1. The van der Waals surface area contributed by atoms with Gasteiger partial charge < -0.3 is 9.47 Å². The molecule has 0 bridgehead atoms. The topological polar surface area (TPSA) is 48.4 Å². The average Bonchev–Trinajstić information content (AvgIpc) is 2.46. The predicted octanol–water partition coefficient (Wildman–Crippen LogP) is 3.29. The summed E-state index contributed by atoms with van der Waals surface area (Å²) in [4.78, 5) is 16.5. The molecule has 0 spiro atoms. The third-order valence-corrected chi connectivity index (χ3v) is 3.27. The third kappa shape index (κ3) is 3.17. The van der Waals surface area contributed by atoms with Gasteiger partial charge in [0, 0.05) is 23.3 Å². The number of carbonyl (C=O) groups excluding carboxylic acids is 1. The molecule has 0 fully saturated rings. The monoisotopic (exact) mass is 335 g/mol. The van der Waals surface area contributed by atoms with Crippen molar-refractivity contribution in [1.29, 1.82) is 0 Å². The number of Topliss-reactive ketones (excluding diaryl/α,β-unsaturated/α-hetero) is 1. The minimum absolute atomic E-state index is 0.0702. The lowest BCUT2D eigenvalue weighted by atomic mass is 10.0. The van der Waals surface area contributed by atoms with Crippen molar-refractivity contribution in [3.8, 4) is 11.5 Å². The number of ketones is 1. The molecule has 0 saturated carbocycles. The molecule has 0 N–H and O–H groups in total. The van der Waals surface area contributed by atoms with Crippen LogP contribution in [0, 0.1) is 0 Å². The van der Waals surface area contributed by atoms with Crippen LogP contribution >= 0.6 is 15.9 Å². The molecule has 104 valence electrons. The normalized spacial score (nSPS) is 10.2. The van der Waals surface area contributed by atoms with Gasteiger partial charge in [0.25, 0.3) is 0 Å². The van der Waals surface area contributed by atoms with Gasteiger partial charge in [0.05, 0.1) is 14.2 Å². The molecule has 20 heavy (non-hydrogen) atoms. The number of benzene rings is 1. The Balaban J connectivity index is 2.33. The molecule has 1 aromatic heterocycles. The van der Waals surface area contributed by atoms with E-state index >= 15 is 0 Å². The molecule has 0 aliphatic carbocycles. The van der Waals surface area contributed by atoms with Crippen LogP contribution in [0.4, 0.5) is 0 Å². The first-order valence-corrected chi connectivity index (χ1v) is 6.78. The Morgan fingerprint density at radius 3 is 2.40 bits per heavy atom. The molecule has 2 rings (SSSR count). The number of aromatic nitrogens is 1. The van der Waals surface area contributed by atoms with E-state index in [1.54, 1.807) is 30.6 Å². The molecule has 0 saturated heterocycles. The van der Waals surface area contributed by atoms with Gasteiger partial charge in [-0.1, -0.05) is 6.07 Å². The SMILES string of the molecule is COc1cccc(OC)c1C(=O)Cc1cncc(Br)c1. The van der Waals surface area contributed by atoms with Crippen LogP contribution < -0.4 is 9.47 Å². The van der Waals surface area contributed by atoms with E-state index in [-0.39, 0.29) is 12.2 Å². The van der Waals surface area contributed by atoms with Crippen molar-refractivity contribution < 1.29 is 14.3 Å². The summed E-state index contributed by atoms with van der Waals surface area (Å²) in [6.45, 7) is 0. The number of ether oxygens (including phenoxy) is 2. The Morgan fingerprint density at radius 1 is 1.20 bits per heavy atom. The van der Waals surface area contributed by atoms with E-state index < -0.39 is 0 Å². The summed E-state index contributed by atoms with van der Waals surface area (Å²) in [5, 5.41) is 0. The van der Waals surface area contributed by atoms with E-state index in [1.807, 2.05) is 6.07 Å². The summed E-state index contributed by atoms with van der Waals surface area (Å²) < 4.78 is 11.3. The summed E-state index contributed by atoms with van der Waals surface area (Å²) >= 11 is 3.34. The summed E-state index contributed by atoms with van der Waals surface area (Å²) in [5.74, 6) is 0.953. The van der Waals surface area contributed by atoms with E-state index in [1.165, 1.54) is 14.2 Å². The third-order valence-electron chi connectivity index (χ3n) is 2.83. The standard InChI is InChI=1S/C15H14BrNO3/c1-19-13-4-3-5-14(20-2)15(13)12(18)7-10-6-11(16)9-17-8-10/h3-6,8-9H,7H2,1-2H3. The van der Waals surface area contributed by atoms with Crippen molar-refractivity contribution in [1.82, 2.24) is 4.98 Å². The first-order valence-electron chi connectivity index (χ1n) is 5.99. The minimum atomic E-state index is -0.0702. The average molecular weight is 336 g/mol. The fourth-order valence-corrected chi connectivity index (χ4v) is 2.36. The van der Waals surface area contributed by atoms with E-state index in [9.17, 15) is 4.79 Å². The Bertz CT molecular complexity index is 606. The van der Waals surface area contributed by atoms with Crippen molar-refractivity contribution in [2.45, 2.75) is 6.42 Å². The zero-order valence-electron chi connectivity index (χ0n) is 11.2. The molecule has 0 atom stereocenters. The molecule has 1 heterocycles. The first-order chi connectivity index (χ1) is 9.65. The second-order valence-electron chi connectivity index (χ2n) is 4.15. The fourth-order valence-electron chi connectivity index (χ4n) is 1.95. The van der Waals surface area contributed by atoms with E-state index in [2.05, 4.69) is 20.9 Å². The zero-order valence-corrected chi connectivity index (χ0v) is 12.8. The van der Waals surface area contributed by atoms with Crippen molar-refractivity contribution in [2.24, 2.45) is 0 Å². The number of nitrogens with zero attached hydrogens (tertiary/aromatic N) is 1. The van der Waals surface area contributed by atoms with Crippen molar-refractivity contribution in [3.63, 3.8) is 0 Å². The van der Waals surface area contributed by atoms with Crippen molar-refractivity contribution >= 4 is 21.7 Å². The minimum Gasteiger partial charge on any atom is -0.496 e. The Kier molecular flexibility index (Phi) is 4.74. The maximum Gasteiger partial charge on any atom is 0.174 e. The summed E-state index contributed by atoms with van der Waals surface area (Å²) in [6, 6.07) is 7.14. The summed E-state index contributed by atoms with van der Waals surface area (Å²) in [5.41, 5.74) is 1.29. The van der Waals surface area contributed by atoms with Gasteiger partial charge in [-0.05, 0) is 39.7 Å². The highest BCUT2D eigenvalue weighted by Gasteiger charge is 2.18. The lowest BCUT2D eigenvalue weighted by Crippen LogP contribution is -2.08. The van der Waals surface area contributed by atoms with Crippen LogP contribution in [-0.2, 0) is 6.42 Å². The molecule has 0 amide bonds. The highest BCUT2D eigenvalue weighted by atomic mass is 79.9. The molecule has 4 nitrogen and oxygen atoms in total. The molecule has 0 radical (unpaired) electrons. The second-order valence-corrected chi connectivity index (χ2v) is 5.06. The van der Waals surface area contributed by atoms with Crippen LogP contribution in [0.2, 0.25) is 0 Å². The van der Waals surface area contributed by atoms with Crippen LogP contribution in [0.25, 0.3) is 0 Å². The number of hydrogen-bond acceptors (Lipinski definition) is 4. The fraction of sp³-hybridized carbons (Fsp3) is 0.200. The molecule has 0 aliphatic rings. The van der Waals surface area contributed by atoms with Crippen LogP contribution in [0.5, 0.6) is 11.5 Å². The first kappa shape index (κ1) is 14.5. The van der Waals surface area contributed by atoms with Gasteiger partial charge in [0.2, 0.25) is 0 Å². The number of rotatable bonds is 5. The maximum atomic E-state index is 12.5. The van der Waals surface area contributed by atoms with Crippen molar-refractivity contribution in [2.75, 3.05) is 14.2 Å². The predicted molar refractivity (Wildman–Crippen MR) is 79.5 cm³/mol. The van der Waals surface area contributed by atoms with Crippen LogP contribution in [0.1, 0.15) is 15.9 Å². The molecule has 0 unspecified atom stereocenters. The van der Waals surface area contributed by atoms with Crippen LogP contribution in [0.3, 0.4) is 0 Å². The number of halogens is 1. The Hall–Kier alpha value is -1.88.